The number of carbonyl (C=O) groups excluding carboxylic acids is 3. The second-order valence-electron chi connectivity index (χ2n) is 13.1. The summed E-state index contributed by atoms with van der Waals surface area (Å²) in [6.07, 6.45) is 0.462. The van der Waals surface area contributed by atoms with Crippen LogP contribution in [0.4, 0.5) is 9.59 Å². The van der Waals surface area contributed by atoms with Crippen LogP contribution in [0, 0.1) is 5.92 Å². The number of aliphatic hydroxyl groups excluding tert-OH is 1. The number of ether oxygens (including phenoxy) is 1. The highest BCUT2D eigenvalue weighted by Gasteiger charge is 2.40. The Hall–Kier alpha value is -4.33. The van der Waals surface area contributed by atoms with Crippen LogP contribution in [0.5, 0.6) is 0 Å². The Kier molecular flexibility index (Phi) is 14.3. The maximum Gasteiger partial charge on any atom is 0.407 e. The number of nitrogens with one attached hydrogen (secondary N) is 1. The van der Waals surface area contributed by atoms with Crippen molar-refractivity contribution in [3.63, 3.8) is 0 Å². The van der Waals surface area contributed by atoms with Gasteiger partial charge < -0.3 is 30.7 Å². The number of hydrogen-bond donors (Lipinski definition) is 3. The average molecular weight is 721 g/mol. The Balaban J connectivity index is 1.67. The van der Waals surface area contributed by atoms with Crippen molar-refractivity contribution in [1.82, 2.24) is 25.1 Å². The van der Waals surface area contributed by atoms with E-state index in [9.17, 15) is 19.5 Å². The summed E-state index contributed by atoms with van der Waals surface area (Å²) in [5.74, 6) is -0.715. The van der Waals surface area contributed by atoms with Crippen molar-refractivity contribution in [2.45, 2.75) is 90.3 Å². The molecule has 268 valence electrons. The first kappa shape index (κ1) is 38.5. The van der Waals surface area contributed by atoms with Gasteiger partial charge in [-0.15, -0.1) is 22.7 Å². The van der Waals surface area contributed by atoms with Gasteiger partial charge in [0.15, 0.2) is 0 Å². The summed E-state index contributed by atoms with van der Waals surface area (Å²) in [5, 5.41) is 17.8. The third kappa shape index (κ3) is 11.1. The molecule has 2 heterocycles. The lowest BCUT2D eigenvalue weighted by molar-refractivity contribution is -0.125. The van der Waals surface area contributed by atoms with E-state index in [1.165, 1.54) is 16.2 Å². The van der Waals surface area contributed by atoms with Crippen LogP contribution in [0.3, 0.4) is 0 Å². The van der Waals surface area contributed by atoms with Crippen LogP contribution in [0.1, 0.15) is 66.7 Å². The van der Waals surface area contributed by atoms with Gasteiger partial charge in [-0.05, 0) is 36.3 Å². The van der Waals surface area contributed by atoms with Gasteiger partial charge in [-0.3, -0.25) is 9.78 Å². The molecule has 0 unspecified atom stereocenters. The molecular weight excluding hydrogens is 673 g/mol. The number of aromatic nitrogens is 2. The third-order valence-electron chi connectivity index (χ3n) is 8.35. The van der Waals surface area contributed by atoms with E-state index in [-0.39, 0.29) is 31.4 Å². The van der Waals surface area contributed by atoms with Crippen molar-refractivity contribution in [2.24, 2.45) is 11.7 Å². The highest BCUT2D eigenvalue weighted by atomic mass is 32.1. The standard InChI is InChI=1S/C37H48N6O5S2/c1-24(2)33(34(38)45)43(37(47)42(5)20-28-22-49-35(40-28)25(3)4)29(16-26-12-8-6-9-13-26)18-32(44)31(17-27-14-10-7-11-15-27)41-36(46)48-21-30-19-39-23-50-30/h6-15,19,22-25,29,31-33,44H,16-18,20-21H2,1-5H3,(H2,38,45)(H,41,46)/t29-,31-,32-,33-/m0/s1. The summed E-state index contributed by atoms with van der Waals surface area (Å²) in [4.78, 5) is 53.3. The summed E-state index contributed by atoms with van der Waals surface area (Å²) in [7, 11) is 1.68. The first-order valence-corrected chi connectivity index (χ1v) is 18.5. The minimum absolute atomic E-state index is 0.0335. The van der Waals surface area contributed by atoms with Gasteiger partial charge in [-0.2, -0.15) is 0 Å². The Bertz CT molecular complexity index is 1630. The number of urea groups is 1. The molecule has 0 bridgehead atoms. The van der Waals surface area contributed by atoms with E-state index in [4.69, 9.17) is 15.5 Å². The fourth-order valence-corrected chi connectivity index (χ4v) is 7.21. The number of amides is 4. The second-order valence-corrected chi connectivity index (χ2v) is 15.0. The largest absolute Gasteiger partial charge is 0.444 e. The summed E-state index contributed by atoms with van der Waals surface area (Å²) in [6.45, 7) is 8.11. The zero-order valence-electron chi connectivity index (χ0n) is 29.3. The lowest BCUT2D eigenvalue weighted by Gasteiger charge is -2.42. The highest BCUT2D eigenvalue weighted by molar-refractivity contribution is 7.09. The van der Waals surface area contributed by atoms with Crippen molar-refractivity contribution in [2.75, 3.05) is 7.05 Å². The van der Waals surface area contributed by atoms with E-state index in [0.717, 1.165) is 26.7 Å². The smallest absolute Gasteiger partial charge is 0.407 e. The van der Waals surface area contributed by atoms with E-state index in [0.29, 0.717) is 12.8 Å². The van der Waals surface area contributed by atoms with Crippen LogP contribution in [-0.4, -0.2) is 74.2 Å². The molecule has 0 fully saturated rings. The number of thiazole rings is 2. The van der Waals surface area contributed by atoms with Crippen LogP contribution in [0.2, 0.25) is 0 Å². The number of nitrogens with zero attached hydrogens (tertiary/aromatic N) is 4. The molecule has 0 saturated heterocycles. The summed E-state index contributed by atoms with van der Waals surface area (Å²) < 4.78 is 5.47. The van der Waals surface area contributed by atoms with Crippen LogP contribution >= 0.6 is 22.7 Å². The van der Waals surface area contributed by atoms with Gasteiger partial charge in [0.2, 0.25) is 5.91 Å². The molecule has 11 nitrogen and oxygen atoms in total. The molecular formula is C37H48N6O5S2. The van der Waals surface area contributed by atoms with E-state index < -0.39 is 42.3 Å². The van der Waals surface area contributed by atoms with Crippen LogP contribution < -0.4 is 11.1 Å². The number of nitrogens with two attached hydrogens (primary N) is 1. The lowest BCUT2D eigenvalue weighted by atomic mass is 9.90. The number of alkyl carbamates (subject to hydrolysis) is 1. The van der Waals surface area contributed by atoms with E-state index in [2.05, 4.69) is 24.1 Å². The number of carbonyl (C=O) groups is 3. The first-order chi connectivity index (χ1) is 23.9. The Morgan fingerprint density at radius 2 is 1.60 bits per heavy atom. The minimum atomic E-state index is -1.15. The molecule has 4 aromatic rings. The zero-order chi connectivity index (χ0) is 36.2. The van der Waals surface area contributed by atoms with E-state index in [1.54, 1.807) is 35.0 Å². The molecule has 0 radical (unpaired) electrons. The maximum atomic E-state index is 14.5. The number of primary amides is 1. The van der Waals surface area contributed by atoms with Gasteiger partial charge in [-0.1, -0.05) is 88.4 Å². The molecule has 0 spiro atoms. The molecule has 0 saturated carbocycles. The van der Waals surface area contributed by atoms with Crippen molar-refractivity contribution in [3.05, 3.63) is 104 Å². The van der Waals surface area contributed by atoms with Crippen molar-refractivity contribution >= 4 is 40.7 Å². The van der Waals surface area contributed by atoms with Gasteiger partial charge in [-0.25, -0.2) is 14.6 Å². The Morgan fingerprint density at radius 1 is 0.960 bits per heavy atom. The lowest BCUT2D eigenvalue weighted by Crippen LogP contribution is -2.60. The molecule has 4 amide bonds. The second kappa shape index (κ2) is 18.6. The number of benzene rings is 2. The molecule has 0 aliphatic heterocycles. The van der Waals surface area contributed by atoms with Crippen molar-refractivity contribution < 1.29 is 24.2 Å². The molecule has 0 aliphatic rings. The minimum Gasteiger partial charge on any atom is -0.444 e. The predicted octanol–water partition coefficient (Wildman–Crippen LogP) is 5.99. The summed E-state index contributed by atoms with van der Waals surface area (Å²) in [6, 6.07) is 16.3. The molecule has 4 atom stereocenters. The Morgan fingerprint density at radius 3 is 2.14 bits per heavy atom. The number of hydrogen-bond acceptors (Lipinski definition) is 9. The average Bonchev–Trinajstić information content (AvgIpc) is 3.79. The van der Waals surface area contributed by atoms with Crippen LogP contribution in [-0.2, 0) is 35.5 Å². The normalized spacial score (nSPS) is 13.8. The SMILES string of the molecule is CC(C)c1nc(CN(C)C(=O)N([C@@H](Cc2ccccc2)C[C@H](O)[C@H](Cc2ccccc2)NC(=O)OCc2cncs2)[C@H](C(N)=O)C(C)C)cs1. The van der Waals surface area contributed by atoms with Crippen molar-refractivity contribution in [3.8, 4) is 0 Å². The van der Waals surface area contributed by atoms with E-state index >= 15 is 0 Å². The summed E-state index contributed by atoms with van der Waals surface area (Å²) in [5.41, 5.74) is 10.2. The number of aliphatic hydroxyl groups is 1. The van der Waals surface area contributed by atoms with Crippen LogP contribution in [0.25, 0.3) is 0 Å². The van der Waals surface area contributed by atoms with Gasteiger partial charge in [0.1, 0.15) is 12.6 Å². The zero-order valence-corrected chi connectivity index (χ0v) is 30.9. The molecule has 0 aliphatic carbocycles. The van der Waals surface area contributed by atoms with Gasteiger partial charge >= 0.3 is 12.1 Å². The van der Waals surface area contributed by atoms with Crippen LogP contribution in [0.15, 0.2) is 77.8 Å². The predicted molar refractivity (Wildman–Crippen MR) is 197 cm³/mol. The molecule has 50 heavy (non-hydrogen) atoms. The quantitative estimate of drug-likeness (QED) is 0.121. The van der Waals surface area contributed by atoms with Gasteiger partial charge in [0.05, 0.1) is 39.8 Å². The molecule has 2 aromatic carbocycles. The van der Waals surface area contributed by atoms with Crippen molar-refractivity contribution in [1.29, 1.82) is 0 Å². The number of rotatable bonds is 17. The Labute approximate surface area is 302 Å². The van der Waals surface area contributed by atoms with Gasteiger partial charge in [0.25, 0.3) is 0 Å². The monoisotopic (exact) mass is 720 g/mol. The molecule has 4 rings (SSSR count). The highest BCUT2D eigenvalue weighted by Crippen LogP contribution is 2.26. The first-order valence-electron chi connectivity index (χ1n) is 16.8. The summed E-state index contributed by atoms with van der Waals surface area (Å²) >= 11 is 2.92. The van der Waals surface area contributed by atoms with E-state index in [1.807, 2.05) is 79.9 Å². The maximum absolute atomic E-state index is 14.5. The third-order valence-corrected chi connectivity index (χ3v) is 10.3. The fourth-order valence-electron chi connectivity index (χ4n) is 5.88. The van der Waals surface area contributed by atoms with Gasteiger partial charge in [0, 0.05) is 30.6 Å². The molecule has 2 aromatic heterocycles. The topological polar surface area (TPSA) is 151 Å². The molecule has 4 N–H and O–H groups in total. The molecule has 13 heteroatoms. The fraction of sp³-hybridized carbons (Fsp3) is 0.432.